The summed E-state index contributed by atoms with van der Waals surface area (Å²) in [5.41, 5.74) is 5.41. The third kappa shape index (κ3) is 1.95. The molecule has 0 amide bonds. The second-order valence-electron chi connectivity index (χ2n) is 4.43. The topological polar surface area (TPSA) is 69.4 Å². The molecule has 0 unspecified atom stereocenters. The molecule has 0 aliphatic heterocycles. The summed E-state index contributed by atoms with van der Waals surface area (Å²) in [4.78, 5) is 7.61. The zero-order chi connectivity index (χ0) is 12.5. The minimum atomic E-state index is 0.765. The van der Waals surface area contributed by atoms with Crippen LogP contribution in [-0.4, -0.2) is 20.2 Å². The Morgan fingerprint density at radius 2 is 2.17 bits per heavy atom. The van der Waals surface area contributed by atoms with E-state index in [1.807, 2.05) is 32.2 Å². The zero-order valence-electron chi connectivity index (χ0n) is 10.4. The molecule has 3 aromatic rings. The lowest BCUT2D eigenvalue weighted by atomic mass is 10.2. The molecule has 5 nitrogen and oxygen atoms in total. The number of benzene rings is 1. The van der Waals surface area contributed by atoms with Crippen LogP contribution in [0, 0.1) is 13.8 Å². The van der Waals surface area contributed by atoms with Gasteiger partial charge in [0.05, 0.1) is 17.2 Å². The molecule has 1 aromatic carbocycles. The van der Waals surface area contributed by atoms with Crippen LogP contribution >= 0.6 is 0 Å². The van der Waals surface area contributed by atoms with Gasteiger partial charge in [-0.1, -0.05) is 0 Å². The predicted molar refractivity (Wildman–Crippen MR) is 71.5 cm³/mol. The quantitative estimate of drug-likeness (QED) is 0.660. The first-order valence-corrected chi connectivity index (χ1v) is 5.91. The highest BCUT2D eigenvalue weighted by molar-refractivity contribution is 5.79. The maximum absolute atomic E-state index is 4.38. The van der Waals surface area contributed by atoms with Gasteiger partial charge in [-0.25, -0.2) is 4.98 Å². The zero-order valence-corrected chi connectivity index (χ0v) is 10.4. The van der Waals surface area contributed by atoms with Crippen LogP contribution in [0.4, 0.5) is 5.69 Å². The summed E-state index contributed by atoms with van der Waals surface area (Å²) in [6, 6.07) is 6.13. The van der Waals surface area contributed by atoms with Crippen LogP contribution in [0.15, 0.2) is 24.4 Å². The van der Waals surface area contributed by atoms with Crippen LogP contribution in [0.5, 0.6) is 0 Å². The fraction of sp³-hybridized carbons (Fsp3) is 0.231. The SMILES string of the molecule is Cc1nc2ccc(NCc3cn[nH]c3C)cc2[nH]1. The van der Waals surface area contributed by atoms with Gasteiger partial charge in [0.15, 0.2) is 0 Å². The lowest BCUT2D eigenvalue weighted by Crippen LogP contribution is -1.99. The van der Waals surface area contributed by atoms with E-state index in [4.69, 9.17) is 0 Å². The number of H-pyrrole nitrogens is 2. The highest BCUT2D eigenvalue weighted by Crippen LogP contribution is 2.18. The van der Waals surface area contributed by atoms with Crippen LogP contribution in [0.3, 0.4) is 0 Å². The highest BCUT2D eigenvalue weighted by Gasteiger charge is 2.02. The number of nitrogens with zero attached hydrogens (tertiary/aromatic N) is 2. The number of imidazole rings is 1. The maximum Gasteiger partial charge on any atom is 0.104 e. The van der Waals surface area contributed by atoms with Crippen molar-refractivity contribution in [1.82, 2.24) is 20.2 Å². The number of anilines is 1. The van der Waals surface area contributed by atoms with Crippen molar-refractivity contribution in [3.05, 3.63) is 41.5 Å². The van der Waals surface area contributed by atoms with Crippen molar-refractivity contribution in [2.75, 3.05) is 5.32 Å². The number of fused-ring (bicyclic) bond motifs is 1. The van der Waals surface area contributed by atoms with Gasteiger partial charge in [-0.3, -0.25) is 5.10 Å². The number of aromatic nitrogens is 4. The van der Waals surface area contributed by atoms with Gasteiger partial charge in [-0.05, 0) is 32.0 Å². The van der Waals surface area contributed by atoms with Crippen LogP contribution in [0.2, 0.25) is 0 Å². The van der Waals surface area contributed by atoms with Crippen LogP contribution < -0.4 is 5.32 Å². The largest absolute Gasteiger partial charge is 0.381 e. The molecule has 3 N–H and O–H groups in total. The van der Waals surface area contributed by atoms with Crippen molar-refractivity contribution in [3.8, 4) is 0 Å². The van der Waals surface area contributed by atoms with Crippen molar-refractivity contribution >= 4 is 16.7 Å². The molecule has 2 heterocycles. The number of nitrogens with one attached hydrogen (secondary N) is 3. The van der Waals surface area contributed by atoms with Crippen molar-refractivity contribution in [3.63, 3.8) is 0 Å². The summed E-state index contributed by atoms with van der Waals surface area (Å²) in [7, 11) is 0. The average molecular weight is 241 g/mol. The first-order chi connectivity index (χ1) is 8.72. The summed E-state index contributed by atoms with van der Waals surface area (Å²) in [6.07, 6.45) is 1.85. The predicted octanol–water partition coefficient (Wildman–Crippen LogP) is 2.51. The fourth-order valence-electron chi connectivity index (χ4n) is 2.00. The Morgan fingerprint density at radius 3 is 2.94 bits per heavy atom. The second-order valence-corrected chi connectivity index (χ2v) is 4.43. The third-order valence-electron chi connectivity index (χ3n) is 3.02. The Balaban J connectivity index is 1.80. The molecule has 0 atom stereocenters. The molecular weight excluding hydrogens is 226 g/mol. The average Bonchev–Trinajstić information content (AvgIpc) is 2.90. The van der Waals surface area contributed by atoms with Gasteiger partial charge < -0.3 is 10.3 Å². The number of hydrogen-bond acceptors (Lipinski definition) is 3. The van der Waals surface area contributed by atoms with E-state index in [1.165, 1.54) is 5.56 Å². The Bertz CT molecular complexity index is 680. The highest BCUT2D eigenvalue weighted by atomic mass is 15.1. The minimum absolute atomic E-state index is 0.765. The van der Waals surface area contributed by atoms with Crippen molar-refractivity contribution < 1.29 is 0 Å². The van der Waals surface area contributed by atoms with Crippen LogP contribution in [0.1, 0.15) is 17.1 Å². The third-order valence-corrected chi connectivity index (χ3v) is 3.02. The van der Waals surface area contributed by atoms with Crippen molar-refractivity contribution in [1.29, 1.82) is 0 Å². The number of aromatic amines is 2. The maximum atomic E-state index is 4.38. The molecule has 0 saturated carbocycles. The van der Waals surface area contributed by atoms with E-state index in [0.29, 0.717) is 0 Å². The molecule has 0 saturated heterocycles. The standard InChI is InChI=1S/C13H15N5/c1-8-10(7-15-18-8)6-14-11-3-4-12-13(5-11)17-9(2)16-12/h3-5,7,14H,6H2,1-2H3,(H,15,18)(H,16,17). The van der Waals surface area contributed by atoms with Crippen molar-refractivity contribution in [2.45, 2.75) is 20.4 Å². The van der Waals surface area contributed by atoms with Gasteiger partial charge in [-0.2, -0.15) is 5.10 Å². The van der Waals surface area contributed by atoms with Gasteiger partial charge in [0.2, 0.25) is 0 Å². The molecule has 5 heteroatoms. The first kappa shape index (κ1) is 10.8. The summed E-state index contributed by atoms with van der Waals surface area (Å²) < 4.78 is 0. The number of rotatable bonds is 3. The molecular formula is C13H15N5. The number of hydrogen-bond donors (Lipinski definition) is 3. The minimum Gasteiger partial charge on any atom is -0.381 e. The molecule has 0 aliphatic rings. The molecule has 92 valence electrons. The first-order valence-electron chi connectivity index (χ1n) is 5.91. The summed E-state index contributed by atoms with van der Waals surface area (Å²) >= 11 is 0. The molecule has 18 heavy (non-hydrogen) atoms. The smallest absolute Gasteiger partial charge is 0.104 e. The van der Waals surface area contributed by atoms with E-state index in [-0.39, 0.29) is 0 Å². The van der Waals surface area contributed by atoms with E-state index in [2.05, 4.69) is 31.5 Å². The summed E-state index contributed by atoms with van der Waals surface area (Å²) in [6.45, 7) is 4.74. The molecule has 0 bridgehead atoms. The monoisotopic (exact) mass is 241 g/mol. The lowest BCUT2D eigenvalue weighted by Gasteiger charge is -2.05. The fourth-order valence-corrected chi connectivity index (χ4v) is 2.00. The molecule has 0 aliphatic carbocycles. The summed E-state index contributed by atoms with van der Waals surface area (Å²) in [5, 5.41) is 10.3. The van der Waals surface area contributed by atoms with Gasteiger partial charge >= 0.3 is 0 Å². The van der Waals surface area contributed by atoms with E-state index in [0.717, 1.165) is 34.8 Å². The number of aryl methyl sites for hydroxylation is 2. The Hall–Kier alpha value is -2.30. The van der Waals surface area contributed by atoms with E-state index in [1.54, 1.807) is 0 Å². The second kappa shape index (κ2) is 4.18. The van der Waals surface area contributed by atoms with Crippen molar-refractivity contribution in [2.24, 2.45) is 0 Å². The normalized spacial score (nSPS) is 11.0. The lowest BCUT2D eigenvalue weighted by molar-refractivity contribution is 1.04. The van der Waals surface area contributed by atoms with E-state index in [9.17, 15) is 0 Å². The van der Waals surface area contributed by atoms with Gasteiger partial charge in [-0.15, -0.1) is 0 Å². The Kier molecular flexibility index (Phi) is 2.51. The van der Waals surface area contributed by atoms with Gasteiger partial charge in [0.1, 0.15) is 5.82 Å². The Labute approximate surface area is 105 Å². The van der Waals surface area contributed by atoms with E-state index >= 15 is 0 Å². The molecule has 0 radical (unpaired) electrons. The molecule has 0 fully saturated rings. The summed E-state index contributed by atoms with van der Waals surface area (Å²) in [5.74, 6) is 0.938. The van der Waals surface area contributed by atoms with Gasteiger partial charge in [0, 0.05) is 23.5 Å². The molecule has 3 rings (SSSR count). The van der Waals surface area contributed by atoms with E-state index < -0.39 is 0 Å². The Morgan fingerprint density at radius 1 is 1.28 bits per heavy atom. The van der Waals surface area contributed by atoms with Crippen LogP contribution in [0.25, 0.3) is 11.0 Å². The van der Waals surface area contributed by atoms with Gasteiger partial charge in [0.25, 0.3) is 0 Å². The molecule has 2 aromatic heterocycles. The van der Waals surface area contributed by atoms with Crippen LogP contribution in [-0.2, 0) is 6.54 Å². The molecule has 0 spiro atoms.